The number of ether oxygens (including phenoxy) is 2. The van der Waals surface area contributed by atoms with E-state index in [-0.39, 0.29) is 11.6 Å². The highest BCUT2D eigenvalue weighted by atomic mass is 19.4. The fourth-order valence-electron chi connectivity index (χ4n) is 3.32. The number of nitrogens with zero attached hydrogens (tertiary/aromatic N) is 4. The summed E-state index contributed by atoms with van der Waals surface area (Å²) in [6.07, 6.45) is -1.23. The lowest BCUT2D eigenvalue weighted by Crippen LogP contribution is -2.39. The third-order valence-corrected chi connectivity index (χ3v) is 4.67. The largest absolute Gasteiger partial charge is 0.573 e. The lowest BCUT2D eigenvalue weighted by molar-refractivity contribution is -0.274. The molecular weight excluding hydrogens is 377 g/mol. The van der Waals surface area contributed by atoms with Crippen LogP contribution in [0.2, 0.25) is 0 Å². The van der Waals surface area contributed by atoms with E-state index in [1.54, 1.807) is 18.3 Å². The summed E-state index contributed by atoms with van der Waals surface area (Å²) < 4.78 is 48.8. The second-order valence-corrected chi connectivity index (χ2v) is 6.46. The number of methoxy groups -OCH3 is 1. The number of likely N-dealkylation sites (tertiary alicyclic amines) is 1. The molecule has 2 aromatic rings. The second-order valence-electron chi connectivity index (χ2n) is 6.46. The zero-order valence-corrected chi connectivity index (χ0v) is 15.4. The average molecular weight is 398 g/mol. The molecule has 1 aromatic heterocycles. The Kier molecular flexibility index (Phi) is 6.18. The van der Waals surface area contributed by atoms with E-state index in [9.17, 15) is 18.0 Å². The van der Waals surface area contributed by atoms with Gasteiger partial charge in [-0.05, 0) is 25.0 Å². The SMILES string of the molecule is COCCc1nncn1C1CCN(C(=O)c2ccccc2OC(F)(F)F)CC1. The standard InChI is InChI=1S/C18H21F3N4O3/c1-27-11-8-16-23-22-12-25(16)13-6-9-24(10-7-13)17(26)14-4-2-3-5-15(14)28-18(19,20)21/h2-5,12-13H,6-11H2,1H3. The molecule has 0 N–H and O–H groups in total. The van der Waals surface area contributed by atoms with Gasteiger partial charge in [-0.15, -0.1) is 23.4 Å². The first-order valence-electron chi connectivity index (χ1n) is 8.90. The van der Waals surface area contributed by atoms with Crippen LogP contribution in [-0.4, -0.2) is 58.7 Å². The Labute approximate surface area is 160 Å². The Morgan fingerprint density at radius 2 is 1.96 bits per heavy atom. The molecule has 0 bridgehead atoms. The van der Waals surface area contributed by atoms with Gasteiger partial charge in [0.15, 0.2) is 0 Å². The maximum atomic E-state index is 12.7. The van der Waals surface area contributed by atoms with Gasteiger partial charge >= 0.3 is 6.36 Å². The van der Waals surface area contributed by atoms with Crippen LogP contribution in [0.25, 0.3) is 0 Å². The van der Waals surface area contributed by atoms with E-state index in [1.807, 2.05) is 4.57 Å². The van der Waals surface area contributed by atoms with Crippen molar-refractivity contribution in [2.45, 2.75) is 31.7 Å². The Bertz CT molecular complexity index is 801. The number of aromatic nitrogens is 3. The van der Waals surface area contributed by atoms with Gasteiger partial charge in [-0.2, -0.15) is 0 Å². The molecule has 0 saturated carbocycles. The number of amides is 1. The monoisotopic (exact) mass is 398 g/mol. The quantitative estimate of drug-likeness (QED) is 0.749. The van der Waals surface area contributed by atoms with Gasteiger partial charge in [0.25, 0.3) is 5.91 Å². The first-order chi connectivity index (χ1) is 13.4. The van der Waals surface area contributed by atoms with Gasteiger partial charge in [-0.3, -0.25) is 4.79 Å². The second kappa shape index (κ2) is 8.59. The number of piperidine rings is 1. The molecule has 0 aliphatic carbocycles. The highest BCUT2D eigenvalue weighted by Gasteiger charge is 2.34. The molecule has 0 atom stereocenters. The Balaban J connectivity index is 1.66. The summed E-state index contributed by atoms with van der Waals surface area (Å²) in [5, 5.41) is 8.06. The number of carbonyl (C=O) groups excluding carboxylic acids is 1. The number of para-hydroxylation sites is 1. The molecule has 10 heteroatoms. The lowest BCUT2D eigenvalue weighted by atomic mass is 10.0. The average Bonchev–Trinajstić information content (AvgIpc) is 3.13. The van der Waals surface area contributed by atoms with Gasteiger partial charge < -0.3 is 18.9 Å². The molecule has 3 rings (SSSR count). The number of hydrogen-bond acceptors (Lipinski definition) is 5. The predicted molar refractivity (Wildman–Crippen MR) is 92.9 cm³/mol. The topological polar surface area (TPSA) is 69.5 Å². The van der Waals surface area contributed by atoms with Crippen molar-refractivity contribution in [3.8, 4) is 5.75 Å². The van der Waals surface area contributed by atoms with Crippen molar-refractivity contribution >= 4 is 5.91 Å². The fourth-order valence-corrected chi connectivity index (χ4v) is 3.32. The van der Waals surface area contributed by atoms with Gasteiger partial charge in [0, 0.05) is 32.7 Å². The van der Waals surface area contributed by atoms with Crippen LogP contribution < -0.4 is 4.74 Å². The minimum atomic E-state index is -4.85. The molecule has 2 heterocycles. The summed E-state index contributed by atoms with van der Waals surface area (Å²) in [5.74, 6) is -0.139. The first kappa shape index (κ1) is 20.1. The third-order valence-electron chi connectivity index (χ3n) is 4.67. The minimum absolute atomic E-state index is 0.0941. The summed E-state index contributed by atoms with van der Waals surface area (Å²) in [6, 6.07) is 5.54. The molecule has 1 aliphatic heterocycles. The molecule has 0 unspecified atom stereocenters. The van der Waals surface area contributed by atoms with Gasteiger partial charge in [0.1, 0.15) is 17.9 Å². The van der Waals surface area contributed by atoms with E-state index < -0.39 is 18.0 Å². The summed E-state index contributed by atoms with van der Waals surface area (Å²) in [7, 11) is 1.62. The Morgan fingerprint density at radius 3 is 2.64 bits per heavy atom. The fraction of sp³-hybridized carbons (Fsp3) is 0.500. The first-order valence-corrected chi connectivity index (χ1v) is 8.90. The number of alkyl halides is 3. The van der Waals surface area contributed by atoms with Crippen molar-refractivity contribution < 1.29 is 27.4 Å². The lowest BCUT2D eigenvalue weighted by Gasteiger charge is -2.33. The molecule has 152 valence electrons. The van der Waals surface area contributed by atoms with Gasteiger partial charge in [-0.1, -0.05) is 12.1 Å². The number of benzene rings is 1. The van der Waals surface area contributed by atoms with Crippen LogP contribution in [0.4, 0.5) is 13.2 Å². The molecule has 1 amide bonds. The number of carbonyl (C=O) groups is 1. The van der Waals surface area contributed by atoms with E-state index in [4.69, 9.17) is 4.74 Å². The van der Waals surface area contributed by atoms with E-state index in [0.717, 1.165) is 11.9 Å². The van der Waals surface area contributed by atoms with Crippen LogP contribution >= 0.6 is 0 Å². The van der Waals surface area contributed by atoms with E-state index >= 15 is 0 Å². The summed E-state index contributed by atoms with van der Waals surface area (Å²) in [4.78, 5) is 14.3. The summed E-state index contributed by atoms with van der Waals surface area (Å²) >= 11 is 0. The van der Waals surface area contributed by atoms with Crippen molar-refractivity contribution in [2.75, 3.05) is 26.8 Å². The van der Waals surface area contributed by atoms with Crippen LogP contribution in [0.1, 0.15) is 35.1 Å². The maximum Gasteiger partial charge on any atom is 0.573 e. The van der Waals surface area contributed by atoms with Crippen molar-refractivity contribution in [3.63, 3.8) is 0 Å². The zero-order chi connectivity index (χ0) is 20.1. The highest BCUT2D eigenvalue weighted by Crippen LogP contribution is 2.29. The van der Waals surface area contributed by atoms with E-state index in [2.05, 4.69) is 14.9 Å². The van der Waals surface area contributed by atoms with Gasteiger partial charge in [0.2, 0.25) is 0 Å². The maximum absolute atomic E-state index is 12.7. The van der Waals surface area contributed by atoms with E-state index in [0.29, 0.717) is 39.0 Å². The van der Waals surface area contributed by atoms with Crippen LogP contribution in [0.3, 0.4) is 0 Å². The molecule has 0 radical (unpaired) electrons. The highest BCUT2D eigenvalue weighted by molar-refractivity contribution is 5.97. The van der Waals surface area contributed by atoms with Crippen LogP contribution in [0, 0.1) is 0 Å². The number of rotatable bonds is 6. The summed E-state index contributed by atoms with van der Waals surface area (Å²) in [6.45, 7) is 1.38. The molecule has 1 aliphatic rings. The molecule has 1 saturated heterocycles. The smallest absolute Gasteiger partial charge is 0.405 e. The van der Waals surface area contributed by atoms with Crippen molar-refractivity contribution in [3.05, 3.63) is 42.0 Å². The number of hydrogen-bond donors (Lipinski definition) is 0. The van der Waals surface area contributed by atoms with Crippen molar-refractivity contribution in [1.82, 2.24) is 19.7 Å². The molecule has 28 heavy (non-hydrogen) atoms. The van der Waals surface area contributed by atoms with Crippen molar-refractivity contribution in [1.29, 1.82) is 0 Å². The summed E-state index contributed by atoms with van der Waals surface area (Å²) in [5.41, 5.74) is -0.0941. The predicted octanol–water partition coefficient (Wildman–Crippen LogP) is 2.84. The molecule has 7 nitrogen and oxygen atoms in total. The van der Waals surface area contributed by atoms with E-state index in [1.165, 1.54) is 18.2 Å². The van der Waals surface area contributed by atoms with Crippen LogP contribution in [0.5, 0.6) is 5.75 Å². The van der Waals surface area contributed by atoms with Crippen molar-refractivity contribution in [2.24, 2.45) is 0 Å². The number of halogens is 3. The molecular formula is C18H21F3N4O3. The normalized spacial score (nSPS) is 15.6. The van der Waals surface area contributed by atoms with Gasteiger partial charge in [-0.25, -0.2) is 0 Å². The Hall–Kier alpha value is -2.62. The van der Waals surface area contributed by atoms with Crippen LogP contribution in [0.15, 0.2) is 30.6 Å². The Morgan fingerprint density at radius 1 is 1.25 bits per heavy atom. The molecule has 1 aromatic carbocycles. The zero-order valence-electron chi connectivity index (χ0n) is 15.4. The van der Waals surface area contributed by atoms with Gasteiger partial charge in [0.05, 0.1) is 12.2 Å². The molecule has 0 spiro atoms. The van der Waals surface area contributed by atoms with Crippen LogP contribution in [-0.2, 0) is 11.2 Å². The minimum Gasteiger partial charge on any atom is -0.405 e. The third kappa shape index (κ3) is 4.80. The molecule has 1 fully saturated rings.